The highest BCUT2D eigenvalue weighted by Crippen LogP contribution is 2.31. The molecule has 1 N–H and O–H groups in total. The van der Waals surface area contributed by atoms with Crippen LogP contribution in [0.2, 0.25) is 5.02 Å². The molecule has 0 bridgehead atoms. The molecule has 0 aliphatic carbocycles. The molecule has 0 radical (unpaired) electrons. The molecule has 1 amide bonds. The van der Waals surface area contributed by atoms with Crippen molar-refractivity contribution in [3.05, 3.63) is 71.3 Å². The summed E-state index contributed by atoms with van der Waals surface area (Å²) in [6.45, 7) is 0. The molecule has 1 aliphatic heterocycles. The second-order valence-electron chi connectivity index (χ2n) is 5.67. The average Bonchev–Trinajstić information content (AvgIpc) is 3.23. The van der Waals surface area contributed by atoms with Gasteiger partial charge in [0.2, 0.25) is 0 Å². The highest BCUT2D eigenvalue weighted by Gasteiger charge is 2.29. The maximum atomic E-state index is 14.2. The summed E-state index contributed by atoms with van der Waals surface area (Å²) in [6.07, 6.45) is 2.97. The molecule has 1 aliphatic rings. The number of nitrogens with one attached hydrogen (secondary N) is 1. The van der Waals surface area contributed by atoms with E-state index in [1.807, 2.05) is 0 Å². The molecule has 2 aromatic carbocycles. The molecule has 3 aromatic rings. The van der Waals surface area contributed by atoms with Crippen molar-refractivity contribution in [2.75, 3.05) is 5.32 Å². The first-order chi connectivity index (χ1) is 12.1. The van der Waals surface area contributed by atoms with E-state index in [2.05, 4.69) is 10.4 Å². The van der Waals surface area contributed by atoms with Gasteiger partial charge in [0.25, 0.3) is 5.91 Å². The highest BCUT2D eigenvalue weighted by molar-refractivity contribution is 6.30. The number of hydrogen-bond donors (Lipinski definition) is 1. The van der Waals surface area contributed by atoms with Crippen molar-refractivity contribution in [1.82, 2.24) is 9.78 Å². The molecule has 1 unspecified atom stereocenters. The number of fused-ring (bicyclic) bond motifs is 1. The van der Waals surface area contributed by atoms with Crippen molar-refractivity contribution in [2.45, 2.75) is 12.5 Å². The topological polar surface area (TPSA) is 56.2 Å². The van der Waals surface area contributed by atoms with Gasteiger partial charge in [-0.25, -0.2) is 9.07 Å². The molecular formula is C18H13ClFN3O2. The van der Waals surface area contributed by atoms with Crippen LogP contribution >= 0.6 is 11.6 Å². The van der Waals surface area contributed by atoms with E-state index in [-0.39, 0.29) is 5.91 Å². The van der Waals surface area contributed by atoms with Crippen molar-refractivity contribution in [3.63, 3.8) is 0 Å². The van der Waals surface area contributed by atoms with Gasteiger partial charge in [-0.3, -0.25) is 4.79 Å². The van der Waals surface area contributed by atoms with Gasteiger partial charge in [0.1, 0.15) is 11.4 Å². The second-order valence-corrected chi connectivity index (χ2v) is 6.11. The van der Waals surface area contributed by atoms with Crippen LogP contribution in [0, 0.1) is 5.82 Å². The van der Waals surface area contributed by atoms with Gasteiger partial charge < -0.3 is 10.1 Å². The fourth-order valence-electron chi connectivity index (χ4n) is 2.77. The third kappa shape index (κ3) is 3.08. The lowest BCUT2D eigenvalue weighted by molar-refractivity contribution is -0.122. The van der Waals surface area contributed by atoms with Crippen LogP contribution in [-0.2, 0) is 11.2 Å². The monoisotopic (exact) mass is 357 g/mol. The van der Waals surface area contributed by atoms with Crippen molar-refractivity contribution >= 4 is 23.2 Å². The van der Waals surface area contributed by atoms with E-state index in [9.17, 15) is 9.18 Å². The summed E-state index contributed by atoms with van der Waals surface area (Å²) in [5, 5.41) is 7.27. The van der Waals surface area contributed by atoms with E-state index < -0.39 is 11.9 Å². The molecule has 1 atom stereocenters. The van der Waals surface area contributed by atoms with Gasteiger partial charge in [0.15, 0.2) is 11.9 Å². The molecular weight excluding hydrogens is 345 g/mol. The summed E-state index contributed by atoms with van der Waals surface area (Å²) in [5.74, 6) is -0.174. The maximum absolute atomic E-state index is 14.2. The minimum absolute atomic E-state index is 0.308. The summed E-state index contributed by atoms with van der Waals surface area (Å²) in [7, 11) is 0. The number of halogens is 2. The zero-order valence-electron chi connectivity index (χ0n) is 12.9. The predicted octanol–water partition coefficient (Wildman–Crippen LogP) is 3.61. The van der Waals surface area contributed by atoms with Crippen molar-refractivity contribution in [1.29, 1.82) is 0 Å². The molecule has 5 nitrogen and oxygen atoms in total. The fraction of sp³-hybridized carbons (Fsp3) is 0.111. The minimum Gasteiger partial charge on any atom is -0.480 e. The van der Waals surface area contributed by atoms with Crippen LogP contribution in [0.15, 0.2) is 54.9 Å². The zero-order chi connectivity index (χ0) is 17.4. The summed E-state index contributed by atoms with van der Waals surface area (Å²) in [5.41, 5.74) is 1.55. The Morgan fingerprint density at radius 1 is 1.32 bits per heavy atom. The standard InChI is InChI=1S/C18H13ClFN3O2/c19-12-2-5-16-11(8-12)9-17(25-16)18(24)22-13-3-4-15(14(20)10-13)23-7-1-6-21-23/h1-8,10,17H,9H2,(H,22,24). The average molecular weight is 358 g/mol. The zero-order valence-corrected chi connectivity index (χ0v) is 13.7. The maximum Gasteiger partial charge on any atom is 0.265 e. The molecule has 0 saturated heterocycles. The fourth-order valence-corrected chi connectivity index (χ4v) is 2.96. The number of carbonyl (C=O) groups is 1. The first-order valence-electron chi connectivity index (χ1n) is 7.66. The first-order valence-corrected chi connectivity index (χ1v) is 8.03. The van der Waals surface area contributed by atoms with Crippen LogP contribution in [-0.4, -0.2) is 21.8 Å². The second kappa shape index (κ2) is 6.22. The molecule has 2 heterocycles. The molecule has 25 heavy (non-hydrogen) atoms. The minimum atomic E-state index is -0.665. The molecule has 7 heteroatoms. The Kier molecular flexibility index (Phi) is 3.89. The summed E-state index contributed by atoms with van der Waals surface area (Å²) < 4.78 is 21.3. The first kappa shape index (κ1) is 15.7. The SMILES string of the molecule is O=C(Nc1ccc(-n2cccn2)c(F)c1)C1Cc2cc(Cl)ccc2O1. The van der Waals surface area contributed by atoms with Crippen LogP contribution in [0.25, 0.3) is 5.69 Å². The number of carbonyl (C=O) groups excluding carboxylic acids is 1. The Morgan fingerprint density at radius 2 is 2.20 bits per heavy atom. The summed E-state index contributed by atoms with van der Waals surface area (Å²) in [4.78, 5) is 12.4. The Bertz CT molecular complexity index is 943. The van der Waals surface area contributed by atoms with E-state index in [0.717, 1.165) is 5.56 Å². The summed E-state index contributed by atoms with van der Waals surface area (Å²) >= 11 is 5.95. The number of benzene rings is 2. The Labute approximate surface area is 148 Å². The number of ether oxygens (including phenoxy) is 1. The Morgan fingerprint density at radius 3 is 2.96 bits per heavy atom. The number of amides is 1. The van der Waals surface area contributed by atoms with Crippen molar-refractivity contribution in [2.24, 2.45) is 0 Å². The molecule has 126 valence electrons. The predicted molar refractivity (Wildman–Crippen MR) is 91.7 cm³/mol. The highest BCUT2D eigenvalue weighted by atomic mass is 35.5. The molecule has 0 spiro atoms. The van der Waals surface area contributed by atoms with E-state index in [1.165, 1.54) is 10.7 Å². The van der Waals surface area contributed by atoms with E-state index in [1.54, 1.807) is 48.8 Å². The van der Waals surface area contributed by atoms with Crippen LogP contribution in [0.3, 0.4) is 0 Å². The smallest absolute Gasteiger partial charge is 0.265 e. The van der Waals surface area contributed by atoms with Gasteiger partial charge in [-0.1, -0.05) is 11.6 Å². The van der Waals surface area contributed by atoms with Crippen LogP contribution in [0.4, 0.5) is 10.1 Å². The van der Waals surface area contributed by atoms with Crippen LogP contribution in [0.5, 0.6) is 5.75 Å². The molecule has 4 rings (SSSR count). The van der Waals surface area contributed by atoms with E-state index in [4.69, 9.17) is 16.3 Å². The number of aromatic nitrogens is 2. The van der Waals surface area contributed by atoms with Gasteiger partial charge in [0, 0.05) is 29.5 Å². The van der Waals surface area contributed by atoms with Gasteiger partial charge in [-0.2, -0.15) is 5.10 Å². The van der Waals surface area contributed by atoms with Gasteiger partial charge in [0.05, 0.1) is 0 Å². The van der Waals surface area contributed by atoms with Crippen molar-refractivity contribution < 1.29 is 13.9 Å². The number of nitrogens with zero attached hydrogens (tertiary/aromatic N) is 2. The third-order valence-electron chi connectivity index (χ3n) is 3.96. The van der Waals surface area contributed by atoms with Gasteiger partial charge >= 0.3 is 0 Å². The third-order valence-corrected chi connectivity index (χ3v) is 4.19. The lowest BCUT2D eigenvalue weighted by Crippen LogP contribution is -2.31. The Balaban J connectivity index is 1.48. The number of rotatable bonds is 3. The molecule has 1 aromatic heterocycles. The van der Waals surface area contributed by atoms with Crippen molar-refractivity contribution in [3.8, 4) is 11.4 Å². The molecule has 0 fully saturated rings. The quantitative estimate of drug-likeness (QED) is 0.779. The molecule has 0 saturated carbocycles. The van der Waals surface area contributed by atoms with Crippen LogP contribution < -0.4 is 10.1 Å². The lowest BCUT2D eigenvalue weighted by Gasteiger charge is -2.12. The normalized spacial score (nSPS) is 15.5. The van der Waals surface area contributed by atoms with Crippen LogP contribution in [0.1, 0.15) is 5.56 Å². The van der Waals surface area contributed by atoms with Gasteiger partial charge in [-0.05, 0) is 48.0 Å². The largest absolute Gasteiger partial charge is 0.480 e. The lowest BCUT2D eigenvalue weighted by atomic mass is 10.1. The van der Waals surface area contributed by atoms with E-state index in [0.29, 0.717) is 28.6 Å². The summed E-state index contributed by atoms with van der Waals surface area (Å²) in [6, 6.07) is 11.4. The van der Waals surface area contributed by atoms with Gasteiger partial charge in [-0.15, -0.1) is 0 Å². The Hall–Kier alpha value is -2.86. The number of hydrogen-bond acceptors (Lipinski definition) is 3. The van der Waals surface area contributed by atoms with E-state index >= 15 is 0 Å². The number of anilines is 1.